The molecule has 204 valence electrons. The number of fused-ring (bicyclic) bond motifs is 5. The standard InChI is InChI=1S/C20H13F6N4O3.BF4/c21-19(22,23)11-4-12(20(24,25)26)6-14(5-11)29-9-28-17(27-29)8-33-16-3-10-1-2-13(30(31)32)7-15(10)18(16)28;2-1(3,4)5/h1-2,4-7,9,16,18H,3,8H2;/q+1;-1. The maximum absolute atomic E-state index is 13.2. The molecule has 7 nitrogen and oxygen atoms in total. The Morgan fingerprint density at radius 3 is 2.11 bits per heavy atom. The van der Waals surface area contributed by atoms with Gasteiger partial charge < -0.3 is 22.0 Å². The molecule has 0 saturated carbocycles. The van der Waals surface area contributed by atoms with Crippen molar-refractivity contribution in [3.05, 3.63) is 80.9 Å². The molecule has 0 bridgehead atoms. The molecule has 3 aromatic rings. The van der Waals surface area contributed by atoms with Crippen molar-refractivity contribution in [3.63, 3.8) is 0 Å². The third-order valence-corrected chi connectivity index (χ3v) is 5.75. The van der Waals surface area contributed by atoms with Crippen LogP contribution in [-0.2, 0) is 30.1 Å². The fourth-order valence-corrected chi connectivity index (χ4v) is 4.26. The zero-order chi connectivity index (χ0) is 28.2. The average Bonchev–Trinajstić information content (AvgIpc) is 3.37. The quantitative estimate of drug-likeness (QED) is 0.138. The van der Waals surface area contributed by atoms with Crippen molar-refractivity contribution in [1.29, 1.82) is 0 Å². The number of alkyl halides is 6. The molecule has 0 radical (unpaired) electrons. The fourth-order valence-electron chi connectivity index (χ4n) is 4.26. The number of nitro groups is 1. The molecular weight excluding hydrogens is 545 g/mol. The summed E-state index contributed by atoms with van der Waals surface area (Å²) in [6.45, 7) is -0.0185. The monoisotopic (exact) mass is 558 g/mol. The van der Waals surface area contributed by atoms with Crippen LogP contribution < -0.4 is 4.57 Å². The van der Waals surface area contributed by atoms with Crippen molar-refractivity contribution in [2.45, 2.75) is 37.5 Å². The number of hydrogen-bond acceptors (Lipinski definition) is 4. The highest BCUT2D eigenvalue weighted by molar-refractivity contribution is 6.50. The molecule has 1 aliphatic heterocycles. The molecule has 0 fully saturated rings. The zero-order valence-electron chi connectivity index (χ0n) is 18.5. The van der Waals surface area contributed by atoms with Gasteiger partial charge in [0.2, 0.25) is 6.33 Å². The highest BCUT2D eigenvalue weighted by Gasteiger charge is 2.45. The predicted octanol–water partition coefficient (Wildman–Crippen LogP) is 5.45. The van der Waals surface area contributed by atoms with Crippen LogP contribution in [0, 0.1) is 10.1 Å². The molecule has 2 atom stereocenters. The van der Waals surface area contributed by atoms with Crippen molar-refractivity contribution in [1.82, 2.24) is 9.78 Å². The van der Waals surface area contributed by atoms with Crippen molar-refractivity contribution in [2.75, 3.05) is 0 Å². The highest BCUT2D eigenvalue weighted by atomic mass is 19.5. The Kier molecular flexibility index (Phi) is 6.65. The minimum absolute atomic E-state index is 0.0185. The number of nitrogens with zero attached hydrogens (tertiary/aromatic N) is 4. The maximum Gasteiger partial charge on any atom is 0.673 e. The molecule has 2 aliphatic rings. The van der Waals surface area contributed by atoms with Crippen LogP contribution in [0.1, 0.15) is 34.1 Å². The number of rotatable bonds is 2. The van der Waals surface area contributed by atoms with Crippen molar-refractivity contribution in [2.24, 2.45) is 0 Å². The van der Waals surface area contributed by atoms with Gasteiger partial charge in [-0.25, -0.2) is 4.57 Å². The van der Waals surface area contributed by atoms with E-state index in [0.717, 1.165) is 10.2 Å². The Labute approximate surface area is 205 Å². The Morgan fingerprint density at radius 2 is 1.58 bits per heavy atom. The van der Waals surface area contributed by atoms with E-state index in [1.165, 1.54) is 18.5 Å². The minimum atomic E-state index is -6.00. The van der Waals surface area contributed by atoms with Crippen molar-refractivity contribution >= 4 is 12.9 Å². The van der Waals surface area contributed by atoms with Crippen LogP contribution in [0.2, 0.25) is 0 Å². The summed E-state index contributed by atoms with van der Waals surface area (Å²) in [5.74, 6) is 0.265. The molecule has 0 spiro atoms. The van der Waals surface area contributed by atoms with Gasteiger partial charge in [-0.15, -0.1) is 0 Å². The van der Waals surface area contributed by atoms with E-state index in [0.29, 0.717) is 24.1 Å². The lowest BCUT2D eigenvalue weighted by Gasteiger charge is -2.23. The number of non-ortho nitro benzene ring substituents is 1. The molecule has 18 heteroatoms. The first kappa shape index (κ1) is 27.3. The molecule has 38 heavy (non-hydrogen) atoms. The SMILES string of the molecule is F[B-](F)(F)F.O=[N+]([O-])c1ccc2c(c1)C1C(C2)OCc2nn(-c3cc(C(F)(F)F)cc(C(F)(F)F)c3)c[n+]21. The molecule has 0 saturated heterocycles. The molecule has 0 amide bonds. The zero-order valence-corrected chi connectivity index (χ0v) is 18.5. The lowest BCUT2D eigenvalue weighted by Crippen LogP contribution is -2.51. The van der Waals surface area contributed by atoms with Gasteiger partial charge in [0.05, 0.1) is 16.1 Å². The van der Waals surface area contributed by atoms with Gasteiger partial charge in [0.1, 0.15) is 24.4 Å². The topological polar surface area (TPSA) is 74.1 Å². The number of aromatic nitrogens is 3. The van der Waals surface area contributed by atoms with Gasteiger partial charge in [0, 0.05) is 29.2 Å². The van der Waals surface area contributed by atoms with Crippen LogP contribution in [0.3, 0.4) is 0 Å². The Balaban J connectivity index is 0.000000617. The number of ether oxygens (including phenoxy) is 1. The summed E-state index contributed by atoms with van der Waals surface area (Å²) in [6.07, 6.45) is -8.64. The van der Waals surface area contributed by atoms with E-state index in [-0.39, 0.29) is 24.2 Å². The van der Waals surface area contributed by atoms with Gasteiger partial charge in [-0.05, 0) is 23.8 Å². The van der Waals surface area contributed by atoms with E-state index in [4.69, 9.17) is 4.74 Å². The summed E-state index contributed by atoms with van der Waals surface area (Å²) in [5.41, 5.74) is -2.07. The molecule has 2 unspecified atom stereocenters. The maximum atomic E-state index is 13.2. The lowest BCUT2D eigenvalue weighted by molar-refractivity contribution is -0.739. The summed E-state index contributed by atoms with van der Waals surface area (Å²) < 4.78 is 127. The molecule has 0 N–H and O–H groups in total. The van der Waals surface area contributed by atoms with Gasteiger partial charge in [0.25, 0.3) is 5.69 Å². The molecule has 2 aromatic carbocycles. The van der Waals surface area contributed by atoms with Crippen LogP contribution in [0.4, 0.5) is 49.3 Å². The van der Waals surface area contributed by atoms with Gasteiger partial charge >= 0.3 is 25.4 Å². The number of benzene rings is 2. The van der Waals surface area contributed by atoms with E-state index in [2.05, 4.69) is 5.10 Å². The summed E-state index contributed by atoms with van der Waals surface area (Å²) in [5, 5.41) is 15.3. The van der Waals surface area contributed by atoms with Gasteiger partial charge in [-0.3, -0.25) is 10.1 Å². The highest BCUT2D eigenvalue weighted by Crippen LogP contribution is 2.39. The predicted molar refractivity (Wildman–Crippen MR) is 107 cm³/mol. The number of nitro benzene ring substituents is 1. The first-order valence-corrected chi connectivity index (χ1v) is 10.5. The fraction of sp³-hybridized carbons (Fsp3) is 0.300. The van der Waals surface area contributed by atoms with Crippen LogP contribution in [0.25, 0.3) is 5.69 Å². The van der Waals surface area contributed by atoms with E-state index in [1.54, 1.807) is 10.6 Å². The second-order valence-electron chi connectivity index (χ2n) is 8.28. The second kappa shape index (κ2) is 9.25. The Morgan fingerprint density at radius 1 is 1.00 bits per heavy atom. The smallest absolute Gasteiger partial charge is 0.418 e. The van der Waals surface area contributed by atoms with Gasteiger partial charge in [-0.2, -0.15) is 26.3 Å². The Bertz CT molecular complexity index is 1350. The van der Waals surface area contributed by atoms with Crippen molar-refractivity contribution in [3.8, 4) is 5.69 Å². The summed E-state index contributed by atoms with van der Waals surface area (Å²) in [4.78, 5) is 10.6. The van der Waals surface area contributed by atoms with Crippen LogP contribution in [-0.4, -0.2) is 28.1 Å². The van der Waals surface area contributed by atoms with E-state index in [1.807, 2.05) is 0 Å². The summed E-state index contributed by atoms with van der Waals surface area (Å²) in [6, 6.07) is 5.04. The van der Waals surface area contributed by atoms with E-state index < -0.39 is 53.5 Å². The first-order valence-electron chi connectivity index (χ1n) is 10.5. The third-order valence-electron chi connectivity index (χ3n) is 5.75. The van der Waals surface area contributed by atoms with Gasteiger partial charge in [0.15, 0.2) is 0 Å². The summed E-state index contributed by atoms with van der Waals surface area (Å²) in [7, 11) is -6.00. The lowest BCUT2D eigenvalue weighted by atomic mass is 10.1. The van der Waals surface area contributed by atoms with Gasteiger partial charge in [-0.1, -0.05) is 10.7 Å². The first-order chi connectivity index (χ1) is 17.4. The molecular formula is C20H13BF10N4O3. The van der Waals surface area contributed by atoms with Crippen molar-refractivity contribution < 1.29 is 57.8 Å². The van der Waals surface area contributed by atoms with Crippen LogP contribution in [0.5, 0.6) is 0 Å². The number of halogens is 10. The van der Waals surface area contributed by atoms with E-state index >= 15 is 0 Å². The molecule has 2 heterocycles. The summed E-state index contributed by atoms with van der Waals surface area (Å²) >= 11 is 0. The third kappa shape index (κ3) is 5.73. The normalized spacial score (nSPS) is 18.7. The second-order valence-corrected chi connectivity index (χ2v) is 8.28. The Hall–Kier alpha value is -3.70. The molecule has 5 rings (SSSR count). The van der Waals surface area contributed by atoms with Crippen LogP contribution in [0.15, 0.2) is 42.7 Å². The molecule has 1 aliphatic carbocycles. The van der Waals surface area contributed by atoms with Crippen LogP contribution >= 0.6 is 0 Å². The molecule has 1 aromatic heterocycles. The van der Waals surface area contributed by atoms with E-state index in [9.17, 15) is 53.7 Å². The minimum Gasteiger partial charge on any atom is -0.418 e. The largest absolute Gasteiger partial charge is 0.673 e. The average molecular weight is 558 g/mol. The number of hydrogen-bond donors (Lipinski definition) is 0.